The lowest BCUT2D eigenvalue weighted by atomic mass is 9.95. The number of methoxy groups -OCH3 is 1. The maximum atomic E-state index is 17.2. The molecule has 2 bridgehead atoms. The van der Waals surface area contributed by atoms with Gasteiger partial charge in [0.1, 0.15) is 34.0 Å². The molecule has 2 atom stereocenters. The number of nitrogens with one attached hydrogen (secondary N) is 1. The van der Waals surface area contributed by atoms with Crippen molar-refractivity contribution in [1.29, 1.82) is 0 Å². The largest absolute Gasteiger partial charge is 0.508 e. The van der Waals surface area contributed by atoms with Crippen molar-refractivity contribution < 1.29 is 36.3 Å². The third-order valence-corrected chi connectivity index (χ3v) is 10.5. The van der Waals surface area contributed by atoms with Gasteiger partial charge in [-0.25, -0.2) is 13.8 Å². The number of phenols is 1. The van der Waals surface area contributed by atoms with Crippen molar-refractivity contribution in [3.63, 3.8) is 0 Å². The number of fused-ring (bicyclic) bond motifs is 4. The van der Waals surface area contributed by atoms with Crippen LogP contribution >= 0.6 is 0 Å². The number of phenolic OH excluding ortho intramolecular Hbond substituents is 1. The van der Waals surface area contributed by atoms with Crippen LogP contribution in [0.5, 0.6) is 17.6 Å². The number of nitrogens with zero attached hydrogens (tertiary/aromatic N) is 5. The fraction of sp³-hybridized carbons (Fsp3) is 0.432. The van der Waals surface area contributed by atoms with Gasteiger partial charge in [0.2, 0.25) is 5.88 Å². The highest BCUT2D eigenvalue weighted by Crippen LogP contribution is 2.48. The SMILES string of the molecule is [2H]C([2H])([2H])Oc1nc(-c2cc(O)cc3ccc(F)c(C#C)c23)c(F)c2nc(OCC3(CN4CCC(=C(F)F)CC4)CC3)nc(N3CC4CCC(C3)N4)c12. The topological polar surface area (TPSA) is 95.9 Å². The zero-order valence-corrected chi connectivity index (χ0v) is 27.0. The molecule has 2 N–H and O–H groups in total. The molecular formula is C37H36F4N6O3. The van der Waals surface area contributed by atoms with Gasteiger partial charge in [0, 0.05) is 61.2 Å². The summed E-state index contributed by atoms with van der Waals surface area (Å²) in [6, 6.07) is 5.10. The van der Waals surface area contributed by atoms with Crippen molar-refractivity contribution in [2.75, 3.05) is 51.3 Å². The fourth-order valence-corrected chi connectivity index (χ4v) is 7.76. The maximum Gasteiger partial charge on any atom is 0.319 e. The van der Waals surface area contributed by atoms with E-state index >= 15 is 8.78 Å². The molecule has 0 amide bonds. The fourth-order valence-electron chi connectivity index (χ4n) is 7.76. The second-order valence-electron chi connectivity index (χ2n) is 13.9. The lowest BCUT2D eigenvalue weighted by molar-refractivity contribution is 0.146. The van der Waals surface area contributed by atoms with Gasteiger partial charge in [0.05, 0.1) is 23.3 Å². The van der Waals surface area contributed by atoms with Crippen LogP contribution in [0.3, 0.4) is 0 Å². The molecule has 5 heterocycles. The summed E-state index contributed by atoms with van der Waals surface area (Å²) in [5, 5.41) is 14.5. The summed E-state index contributed by atoms with van der Waals surface area (Å²) in [6.07, 6.45) is 8.21. The number of anilines is 1. The Morgan fingerprint density at radius 1 is 1.10 bits per heavy atom. The number of aromatic nitrogens is 3. The molecule has 13 heteroatoms. The summed E-state index contributed by atoms with van der Waals surface area (Å²) >= 11 is 0. The standard InChI is InChI=1S/C37H36F4N6O3/c1-3-25-27(38)7-4-21-14-24(48)15-26(28(21)25)31-30(39)32-29(35(43-31)49-2)34(47-16-22-5-6-23(17-47)42-22)45-36(44-32)50-19-37(10-11-37)18-46-12-8-20(9-13-46)33(40)41/h1,4,7,14-15,22-23,42,48H,5-6,8-13,16-19H2,2H3/i2D3. The first kappa shape index (κ1) is 29.1. The Labute approximate surface area is 290 Å². The maximum absolute atomic E-state index is 17.2. The van der Waals surface area contributed by atoms with Crippen LogP contribution in [-0.4, -0.2) is 83.4 Å². The molecular weight excluding hydrogens is 652 g/mol. The average molecular weight is 692 g/mol. The number of piperidine rings is 1. The highest BCUT2D eigenvalue weighted by Gasteiger charge is 2.45. The minimum absolute atomic E-state index is 0.0746. The van der Waals surface area contributed by atoms with Gasteiger partial charge in [0.15, 0.2) is 5.82 Å². The van der Waals surface area contributed by atoms with Gasteiger partial charge in [-0.3, -0.25) is 0 Å². The van der Waals surface area contributed by atoms with E-state index < -0.39 is 36.3 Å². The van der Waals surface area contributed by atoms with Gasteiger partial charge in [-0.1, -0.05) is 12.0 Å². The van der Waals surface area contributed by atoms with Gasteiger partial charge in [-0.15, -0.1) is 6.42 Å². The lowest BCUT2D eigenvalue weighted by Crippen LogP contribution is -2.51. The summed E-state index contributed by atoms with van der Waals surface area (Å²) in [4.78, 5) is 17.7. The molecule has 2 unspecified atom stereocenters. The average Bonchev–Trinajstić information content (AvgIpc) is 3.80. The number of halogens is 4. The molecule has 4 fully saturated rings. The van der Waals surface area contributed by atoms with Crippen LogP contribution in [0.25, 0.3) is 32.9 Å². The van der Waals surface area contributed by atoms with Gasteiger partial charge in [-0.2, -0.15) is 18.7 Å². The number of benzene rings is 2. The first-order valence-electron chi connectivity index (χ1n) is 18.2. The number of ether oxygens (including phenoxy) is 2. The zero-order valence-electron chi connectivity index (χ0n) is 30.0. The number of pyridine rings is 1. The summed E-state index contributed by atoms with van der Waals surface area (Å²) < 4.78 is 94.1. The third kappa shape index (κ3) is 5.84. The van der Waals surface area contributed by atoms with Crippen molar-refractivity contribution in [2.45, 2.75) is 50.6 Å². The molecule has 1 aliphatic carbocycles. The van der Waals surface area contributed by atoms with Crippen LogP contribution < -0.4 is 19.7 Å². The third-order valence-electron chi connectivity index (χ3n) is 10.5. The molecule has 3 saturated heterocycles. The van der Waals surface area contributed by atoms with Gasteiger partial charge in [-0.05, 0) is 67.7 Å². The highest BCUT2D eigenvalue weighted by atomic mass is 19.3. The van der Waals surface area contributed by atoms with E-state index in [9.17, 15) is 13.9 Å². The summed E-state index contributed by atoms with van der Waals surface area (Å²) in [5.41, 5.74) is -1.20. The van der Waals surface area contributed by atoms with E-state index in [4.69, 9.17) is 25.0 Å². The number of terminal acetylenes is 1. The minimum atomic E-state index is -3.03. The molecule has 4 aliphatic rings. The number of rotatable bonds is 8. The van der Waals surface area contributed by atoms with E-state index in [1.807, 2.05) is 4.90 Å². The molecule has 0 spiro atoms. The molecule has 0 radical (unpaired) electrons. The molecule has 2 aromatic carbocycles. The van der Waals surface area contributed by atoms with Gasteiger partial charge in [0.25, 0.3) is 6.08 Å². The van der Waals surface area contributed by atoms with Crippen LogP contribution in [0.4, 0.5) is 23.4 Å². The quantitative estimate of drug-likeness (QED) is 0.166. The Bertz CT molecular complexity index is 2180. The van der Waals surface area contributed by atoms with Crippen molar-refractivity contribution >= 4 is 27.5 Å². The number of piperazine rings is 1. The summed E-state index contributed by atoms with van der Waals surface area (Å²) in [6.45, 7) is 2.80. The van der Waals surface area contributed by atoms with Crippen LogP contribution in [0, 0.1) is 29.4 Å². The van der Waals surface area contributed by atoms with E-state index in [0.717, 1.165) is 31.7 Å². The second kappa shape index (κ2) is 12.6. The predicted molar refractivity (Wildman–Crippen MR) is 181 cm³/mol. The highest BCUT2D eigenvalue weighted by molar-refractivity contribution is 6.04. The van der Waals surface area contributed by atoms with Crippen LogP contribution in [0.2, 0.25) is 0 Å². The van der Waals surface area contributed by atoms with Crippen LogP contribution in [0.15, 0.2) is 35.9 Å². The van der Waals surface area contributed by atoms with E-state index in [-0.39, 0.29) is 74.7 Å². The Morgan fingerprint density at radius 2 is 1.86 bits per heavy atom. The van der Waals surface area contributed by atoms with E-state index in [2.05, 4.69) is 26.1 Å². The predicted octanol–water partition coefficient (Wildman–Crippen LogP) is 6.16. The molecule has 3 aliphatic heterocycles. The van der Waals surface area contributed by atoms with E-state index in [1.54, 1.807) is 0 Å². The number of hydrogen-bond donors (Lipinski definition) is 2. The van der Waals surface area contributed by atoms with E-state index in [0.29, 0.717) is 51.0 Å². The first-order valence-corrected chi connectivity index (χ1v) is 16.7. The van der Waals surface area contributed by atoms with Crippen molar-refractivity contribution in [3.05, 3.63) is 53.1 Å². The molecule has 4 aromatic rings. The normalized spacial score (nSPS) is 22.6. The Morgan fingerprint density at radius 3 is 2.54 bits per heavy atom. The zero-order chi connectivity index (χ0) is 37.2. The Kier molecular flexibility index (Phi) is 7.32. The molecule has 8 rings (SSSR count). The molecule has 9 nitrogen and oxygen atoms in total. The summed E-state index contributed by atoms with van der Waals surface area (Å²) in [5.74, 6) is -0.0656. The Hall–Kier alpha value is -4.67. The number of likely N-dealkylation sites (tertiary alicyclic amines) is 1. The smallest absolute Gasteiger partial charge is 0.319 e. The van der Waals surface area contributed by atoms with E-state index in [1.165, 1.54) is 18.2 Å². The first-order chi connectivity index (χ1) is 25.3. The van der Waals surface area contributed by atoms with Gasteiger partial charge < -0.3 is 29.7 Å². The Balaban J connectivity index is 1.26. The van der Waals surface area contributed by atoms with Crippen molar-refractivity contribution in [3.8, 4) is 41.2 Å². The number of aromatic hydroxyl groups is 1. The molecule has 260 valence electrons. The second-order valence-corrected chi connectivity index (χ2v) is 13.9. The minimum Gasteiger partial charge on any atom is -0.508 e. The lowest BCUT2D eigenvalue weighted by Gasteiger charge is -2.34. The molecule has 1 saturated carbocycles. The van der Waals surface area contributed by atoms with Crippen molar-refractivity contribution in [2.24, 2.45) is 5.41 Å². The molecule has 2 aromatic heterocycles. The number of hydrogen-bond acceptors (Lipinski definition) is 9. The van der Waals surface area contributed by atoms with Gasteiger partial charge >= 0.3 is 6.01 Å². The summed E-state index contributed by atoms with van der Waals surface area (Å²) in [7, 11) is -3.03. The van der Waals surface area contributed by atoms with Crippen molar-refractivity contribution in [1.82, 2.24) is 25.2 Å². The van der Waals surface area contributed by atoms with Crippen LogP contribution in [-0.2, 0) is 0 Å². The molecule has 50 heavy (non-hydrogen) atoms. The monoisotopic (exact) mass is 691 g/mol. The van der Waals surface area contributed by atoms with Crippen LogP contribution in [0.1, 0.15) is 48.2 Å².